The van der Waals surface area contributed by atoms with Crippen molar-refractivity contribution in [2.24, 2.45) is 5.41 Å². The van der Waals surface area contributed by atoms with Gasteiger partial charge in [-0.15, -0.1) is 0 Å². The van der Waals surface area contributed by atoms with Crippen molar-refractivity contribution >= 4 is 17.7 Å². The average molecular weight is 366 g/mol. The minimum absolute atomic E-state index is 0.0520. The van der Waals surface area contributed by atoms with Crippen LogP contribution >= 0.6 is 11.8 Å². The monoisotopic (exact) mass is 365 g/mol. The highest BCUT2D eigenvalue weighted by Crippen LogP contribution is 2.37. The highest BCUT2D eigenvalue weighted by molar-refractivity contribution is 7.98. The molecule has 1 fully saturated rings. The van der Waals surface area contributed by atoms with Crippen LogP contribution in [0.2, 0.25) is 0 Å². The maximum Gasteiger partial charge on any atom is 0.312 e. The number of hydrogen-bond donors (Lipinski definition) is 0. The number of nitrogens with zero attached hydrogens (tertiary/aromatic N) is 1. The normalized spacial score (nSPS) is 18.5. The minimum atomic E-state index is -0.402. The fourth-order valence-corrected chi connectivity index (χ4v) is 4.15. The Morgan fingerprint density at radius 3 is 2.56 bits per heavy atom. The summed E-state index contributed by atoms with van der Waals surface area (Å²) in [5.74, 6) is 1.93. The van der Waals surface area contributed by atoms with Gasteiger partial charge >= 0.3 is 5.97 Å². The number of rotatable bonds is 9. The van der Waals surface area contributed by atoms with Crippen molar-refractivity contribution < 1.29 is 14.3 Å². The second-order valence-electron chi connectivity index (χ2n) is 6.75. The molecular weight excluding hydrogens is 334 g/mol. The first-order valence-electron chi connectivity index (χ1n) is 9.19. The zero-order chi connectivity index (χ0) is 18.1. The number of carbonyl (C=O) groups is 1. The third-order valence-electron chi connectivity index (χ3n) is 5.09. The number of ether oxygens (including phenoxy) is 2. The van der Waals surface area contributed by atoms with Gasteiger partial charge in [0.2, 0.25) is 0 Å². The van der Waals surface area contributed by atoms with Crippen molar-refractivity contribution in [3.8, 4) is 5.75 Å². The quantitative estimate of drug-likeness (QED) is 0.622. The Bertz CT molecular complexity index is 515. The zero-order valence-corrected chi connectivity index (χ0v) is 16.5. The smallest absolute Gasteiger partial charge is 0.312 e. The van der Waals surface area contributed by atoms with Gasteiger partial charge in [-0.3, -0.25) is 9.69 Å². The summed E-state index contributed by atoms with van der Waals surface area (Å²) >= 11 is 1.88. The van der Waals surface area contributed by atoms with Gasteiger partial charge in [0.1, 0.15) is 5.75 Å². The average Bonchev–Trinajstić information content (AvgIpc) is 2.63. The largest absolute Gasteiger partial charge is 0.494 e. The molecule has 0 aliphatic carbocycles. The molecule has 0 saturated carbocycles. The molecule has 0 spiro atoms. The van der Waals surface area contributed by atoms with Crippen LogP contribution in [0.1, 0.15) is 33.1 Å². The first kappa shape index (κ1) is 20.1. The minimum Gasteiger partial charge on any atom is -0.494 e. The summed E-state index contributed by atoms with van der Waals surface area (Å²) in [5.41, 5.74) is -0.402. The summed E-state index contributed by atoms with van der Waals surface area (Å²) < 4.78 is 11.3. The fraction of sp³-hybridized carbons (Fsp3) is 0.650. The van der Waals surface area contributed by atoms with Crippen LogP contribution in [0.25, 0.3) is 0 Å². The maximum absolute atomic E-state index is 12.7. The predicted octanol–water partition coefficient (Wildman–Crippen LogP) is 3.85. The number of thioether (sulfide) groups is 1. The SMILES string of the molecule is CCOC(=O)C1(CCOc2ccccc2)CCN(C(C)CSC)CC1. The van der Waals surface area contributed by atoms with E-state index < -0.39 is 5.41 Å². The molecule has 2 rings (SSSR count). The summed E-state index contributed by atoms with van der Waals surface area (Å²) in [6.07, 6.45) is 4.56. The van der Waals surface area contributed by atoms with E-state index in [1.165, 1.54) is 0 Å². The molecule has 0 bridgehead atoms. The second-order valence-corrected chi connectivity index (χ2v) is 7.66. The molecule has 1 saturated heterocycles. The number of likely N-dealkylation sites (tertiary alicyclic amines) is 1. The summed E-state index contributed by atoms with van der Waals surface area (Å²) in [6, 6.07) is 10.3. The highest BCUT2D eigenvalue weighted by Gasteiger charge is 2.43. The number of piperidine rings is 1. The first-order chi connectivity index (χ1) is 12.1. The van der Waals surface area contributed by atoms with Gasteiger partial charge in [0, 0.05) is 11.8 Å². The second kappa shape index (κ2) is 10.1. The van der Waals surface area contributed by atoms with Crippen molar-refractivity contribution in [2.45, 2.75) is 39.2 Å². The summed E-state index contributed by atoms with van der Waals surface area (Å²) in [7, 11) is 0. The fourth-order valence-electron chi connectivity index (χ4n) is 3.46. The molecule has 0 aromatic heterocycles. The van der Waals surface area contributed by atoms with Crippen LogP contribution in [-0.2, 0) is 9.53 Å². The highest BCUT2D eigenvalue weighted by atomic mass is 32.2. The lowest BCUT2D eigenvalue weighted by Crippen LogP contribution is -2.49. The number of hydrogen-bond acceptors (Lipinski definition) is 5. The van der Waals surface area contributed by atoms with Gasteiger partial charge in [-0.25, -0.2) is 0 Å². The van der Waals surface area contributed by atoms with Gasteiger partial charge in [-0.05, 0) is 64.6 Å². The van der Waals surface area contributed by atoms with Gasteiger partial charge in [-0.1, -0.05) is 18.2 Å². The van der Waals surface area contributed by atoms with E-state index in [0.717, 1.165) is 37.4 Å². The van der Waals surface area contributed by atoms with Crippen LogP contribution in [-0.4, -0.2) is 55.2 Å². The molecule has 1 heterocycles. The van der Waals surface area contributed by atoms with Crippen molar-refractivity contribution in [3.05, 3.63) is 30.3 Å². The van der Waals surface area contributed by atoms with E-state index in [1.54, 1.807) is 0 Å². The van der Waals surface area contributed by atoms with E-state index in [-0.39, 0.29) is 5.97 Å². The molecule has 4 nitrogen and oxygen atoms in total. The maximum atomic E-state index is 12.7. The van der Waals surface area contributed by atoms with E-state index in [4.69, 9.17) is 9.47 Å². The summed E-state index contributed by atoms with van der Waals surface area (Å²) in [6.45, 7) is 7.03. The lowest BCUT2D eigenvalue weighted by atomic mass is 9.75. The van der Waals surface area contributed by atoms with Crippen LogP contribution in [0, 0.1) is 5.41 Å². The van der Waals surface area contributed by atoms with E-state index in [2.05, 4.69) is 18.1 Å². The molecule has 0 radical (unpaired) electrons. The number of para-hydroxylation sites is 1. The molecule has 5 heteroatoms. The van der Waals surface area contributed by atoms with Crippen LogP contribution in [0.4, 0.5) is 0 Å². The van der Waals surface area contributed by atoms with Gasteiger partial charge in [0.05, 0.1) is 18.6 Å². The number of benzene rings is 1. The topological polar surface area (TPSA) is 38.8 Å². The Kier molecular flexibility index (Phi) is 8.10. The molecule has 1 aliphatic heterocycles. The standard InChI is InChI=1S/C20H31NO3S/c1-4-23-19(22)20(12-15-24-18-8-6-5-7-9-18)10-13-21(14-11-20)17(2)16-25-3/h5-9,17H,4,10-16H2,1-3H3. The Hall–Kier alpha value is -1.20. The number of carbonyl (C=O) groups excluding carboxylic acids is 1. The Morgan fingerprint density at radius 2 is 1.96 bits per heavy atom. The summed E-state index contributed by atoms with van der Waals surface area (Å²) in [5, 5.41) is 0. The van der Waals surface area contributed by atoms with Crippen molar-refractivity contribution in [2.75, 3.05) is 38.3 Å². The number of esters is 1. The van der Waals surface area contributed by atoms with Crippen LogP contribution in [0.15, 0.2) is 30.3 Å². The molecule has 1 aromatic rings. The molecular formula is C20H31NO3S. The molecule has 140 valence electrons. The third-order valence-corrected chi connectivity index (χ3v) is 5.90. The lowest BCUT2D eigenvalue weighted by Gasteiger charge is -2.42. The van der Waals surface area contributed by atoms with Gasteiger partial charge in [-0.2, -0.15) is 11.8 Å². The first-order valence-corrected chi connectivity index (χ1v) is 10.6. The Balaban J connectivity index is 1.95. The molecule has 25 heavy (non-hydrogen) atoms. The molecule has 0 amide bonds. The van der Waals surface area contributed by atoms with E-state index >= 15 is 0 Å². The van der Waals surface area contributed by atoms with Crippen molar-refractivity contribution in [1.29, 1.82) is 0 Å². The predicted molar refractivity (Wildman–Crippen MR) is 104 cm³/mol. The van der Waals surface area contributed by atoms with Gasteiger partial charge < -0.3 is 9.47 Å². The van der Waals surface area contributed by atoms with Crippen molar-refractivity contribution in [1.82, 2.24) is 4.90 Å². The molecule has 1 aliphatic rings. The van der Waals surface area contributed by atoms with Crippen LogP contribution < -0.4 is 4.74 Å². The summed E-state index contributed by atoms with van der Waals surface area (Å²) in [4.78, 5) is 15.2. The lowest BCUT2D eigenvalue weighted by molar-refractivity contribution is -0.160. The molecule has 1 unspecified atom stereocenters. The van der Waals surface area contributed by atoms with E-state index in [9.17, 15) is 4.79 Å². The Labute approximate surface area is 156 Å². The van der Waals surface area contributed by atoms with Gasteiger partial charge in [0.15, 0.2) is 0 Å². The zero-order valence-electron chi connectivity index (χ0n) is 15.7. The molecule has 0 N–H and O–H groups in total. The van der Waals surface area contributed by atoms with Crippen LogP contribution in [0.5, 0.6) is 5.75 Å². The van der Waals surface area contributed by atoms with Crippen molar-refractivity contribution in [3.63, 3.8) is 0 Å². The third kappa shape index (κ3) is 5.65. The molecule has 1 aromatic carbocycles. The Morgan fingerprint density at radius 1 is 1.28 bits per heavy atom. The van der Waals surface area contributed by atoms with E-state index in [0.29, 0.717) is 25.7 Å². The van der Waals surface area contributed by atoms with Crippen LogP contribution in [0.3, 0.4) is 0 Å². The van der Waals surface area contributed by atoms with Gasteiger partial charge in [0.25, 0.3) is 0 Å². The van der Waals surface area contributed by atoms with E-state index in [1.807, 2.05) is 49.0 Å². The molecule has 1 atom stereocenters.